The zero-order valence-electron chi connectivity index (χ0n) is 9.05. The second-order valence-corrected chi connectivity index (χ2v) is 4.30. The molecule has 0 saturated heterocycles. The molecule has 0 bridgehead atoms. The van der Waals surface area contributed by atoms with Gasteiger partial charge in [0, 0.05) is 28.5 Å². The van der Waals surface area contributed by atoms with Crippen LogP contribution in [0.3, 0.4) is 0 Å². The Morgan fingerprint density at radius 3 is 2.88 bits per heavy atom. The number of carbonyl (C=O) groups excluding carboxylic acids is 1. The van der Waals surface area contributed by atoms with Gasteiger partial charge >= 0.3 is 0 Å². The Bertz CT molecular complexity index is 558. The molecule has 0 aromatic carbocycles. The highest BCUT2D eigenvalue weighted by Gasteiger charge is 2.04. The highest BCUT2D eigenvalue weighted by atomic mass is 79.9. The lowest BCUT2D eigenvalue weighted by Crippen LogP contribution is -1.95. The van der Waals surface area contributed by atoms with Gasteiger partial charge in [-0.2, -0.15) is 0 Å². The van der Waals surface area contributed by atoms with Crippen LogP contribution in [-0.4, -0.2) is 15.8 Å². The number of Topliss-reactive ketones (excluding diaryl/α,β-unsaturated/α-hetero) is 1. The van der Waals surface area contributed by atoms with Gasteiger partial charge in [-0.1, -0.05) is 0 Å². The zero-order chi connectivity index (χ0) is 12.3. The minimum atomic E-state index is -0.0235. The SMILES string of the molecule is CC(=O)c1ccnc(Oc2cncc(Br)c2)c1. The third-order valence-corrected chi connectivity index (χ3v) is 2.48. The molecule has 86 valence electrons. The first-order chi connectivity index (χ1) is 8.15. The molecule has 5 heteroatoms. The van der Waals surface area contributed by atoms with Gasteiger partial charge in [-0.25, -0.2) is 4.98 Å². The van der Waals surface area contributed by atoms with Gasteiger partial charge in [0.1, 0.15) is 5.75 Å². The molecule has 0 aliphatic carbocycles. The van der Waals surface area contributed by atoms with E-state index in [1.54, 1.807) is 30.6 Å². The molecule has 2 aromatic rings. The van der Waals surface area contributed by atoms with Crippen molar-refractivity contribution in [2.45, 2.75) is 6.92 Å². The number of nitrogens with zero attached hydrogens (tertiary/aromatic N) is 2. The summed E-state index contributed by atoms with van der Waals surface area (Å²) in [5.74, 6) is 0.912. The number of halogens is 1. The summed E-state index contributed by atoms with van der Waals surface area (Å²) in [6.45, 7) is 1.50. The maximum Gasteiger partial charge on any atom is 0.219 e. The molecule has 0 N–H and O–H groups in total. The van der Waals surface area contributed by atoms with E-state index in [9.17, 15) is 4.79 Å². The Hall–Kier alpha value is -1.75. The van der Waals surface area contributed by atoms with E-state index in [1.807, 2.05) is 0 Å². The fourth-order valence-electron chi connectivity index (χ4n) is 1.25. The monoisotopic (exact) mass is 292 g/mol. The third kappa shape index (κ3) is 3.10. The summed E-state index contributed by atoms with van der Waals surface area (Å²) in [6, 6.07) is 5.02. The summed E-state index contributed by atoms with van der Waals surface area (Å²) in [5.41, 5.74) is 0.568. The Labute approximate surface area is 107 Å². The predicted molar refractivity (Wildman–Crippen MR) is 66.3 cm³/mol. The lowest BCUT2D eigenvalue weighted by Gasteiger charge is -2.05. The summed E-state index contributed by atoms with van der Waals surface area (Å²) in [5, 5.41) is 0. The van der Waals surface area contributed by atoms with Crippen molar-refractivity contribution in [3.8, 4) is 11.6 Å². The summed E-state index contributed by atoms with van der Waals surface area (Å²) in [7, 11) is 0. The van der Waals surface area contributed by atoms with Gasteiger partial charge < -0.3 is 4.74 Å². The summed E-state index contributed by atoms with van der Waals surface area (Å²) in [6.07, 6.45) is 4.77. The second kappa shape index (κ2) is 5.05. The Morgan fingerprint density at radius 2 is 2.18 bits per heavy atom. The quantitative estimate of drug-likeness (QED) is 0.815. The largest absolute Gasteiger partial charge is 0.437 e. The molecular weight excluding hydrogens is 284 g/mol. The minimum Gasteiger partial charge on any atom is -0.437 e. The van der Waals surface area contributed by atoms with E-state index in [4.69, 9.17) is 4.74 Å². The van der Waals surface area contributed by atoms with Crippen molar-refractivity contribution in [2.24, 2.45) is 0 Å². The maximum atomic E-state index is 11.2. The maximum absolute atomic E-state index is 11.2. The lowest BCUT2D eigenvalue weighted by atomic mass is 10.2. The van der Waals surface area contributed by atoms with E-state index in [0.717, 1.165) is 4.47 Å². The average Bonchev–Trinajstić information content (AvgIpc) is 2.29. The van der Waals surface area contributed by atoms with Crippen molar-refractivity contribution in [1.29, 1.82) is 0 Å². The van der Waals surface area contributed by atoms with Gasteiger partial charge in [-0.15, -0.1) is 0 Å². The van der Waals surface area contributed by atoms with Crippen molar-refractivity contribution in [3.63, 3.8) is 0 Å². The molecule has 0 unspecified atom stereocenters. The van der Waals surface area contributed by atoms with Crippen LogP contribution in [0.15, 0.2) is 41.3 Å². The number of pyridine rings is 2. The standard InChI is InChI=1S/C12H9BrN2O2/c1-8(16)9-2-3-15-12(4-9)17-11-5-10(13)6-14-7-11/h2-7H,1H3. The fraction of sp³-hybridized carbons (Fsp3) is 0.0833. The number of hydrogen-bond acceptors (Lipinski definition) is 4. The van der Waals surface area contributed by atoms with Crippen LogP contribution in [0.4, 0.5) is 0 Å². The molecule has 0 aliphatic heterocycles. The zero-order valence-corrected chi connectivity index (χ0v) is 10.6. The minimum absolute atomic E-state index is 0.0235. The van der Waals surface area contributed by atoms with Crippen LogP contribution < -0.4 is 4.74 Å². The normalized spacial score (nSPS) is 10.0. The first-order valence-corrected chi connectivity index (χ1v) is 5.70. The van der Waals surface area contributed by atoms with Crippen LogP contribution in [-0.2, 0) is 0 Å². The van der Waals surface area contributed by atoms with E-state index in [2.05, 4.69) is 25.9 Å². The molecule has 2 rings (SSSR count). The molecule has 17 heavy (non-hydrogen) atoms. The topological polar surface area (TPSA) is 52.1 Å². The highest BCUT2D eigenvalue weighted by Crippen LogP contribution is 2.22. The summed E-state index contributed by atoms with van der Waals surface area (Å²) in [4.78, 5) is 19.2. The van der Waals surface area contributed by atoms with Gasteiger partial charge in [0.2, 0.25) is 5.88 Å². The molecule has 0 radical (unpaired) electrons. The van der Waals surface area contributed by atoms with Gasteiger partial charge in [0.25, 0.3) is 0 Å². The van der Waals surface area contributed by atoms with Crippen LogP contribution in [0.25, 0.3) is 0 Å². The molecule has 4 nitrogen and oxygen atoms in total. The first kappa shape index (κ1) is 11.7. The van der Waals surface area contributed by atoms with E-state index in [0.29, 0.717) is 17.2 Å². The Kier molecular flexibility index (Phi) is 3.49. The van der Waals surface area contributed by atoms with E-state index in [1.165, 1.54) is 13.1 Å². The molecule has 0 spiro atoms. The van der Waals surface area contributed by atoms with Crippen LogP contribution >= 0.6 is 15.9 Å². The van der Waals surface area contributed by atoms with Gasteiger partial charge in [-0.3, -0.25) is 9.78 Å². The molecule has 0 amide bonds. The number of ether oxygens (including phenoxy) is 1. The Morgan fingerprint density at radius 1 is 1.35 bits per heavy atom. The Balaban J connectivity index is 2.24. The van der Waals surface area contributed by atoms with E-state index >= 15 is 0 Å². The average molecular weight is 293 g/mol. The van der Waals surface area contributed by atoms with Crippen LogP contribution in [0.1, 0.15) is 17.3 Å². The van der Waals surface area contributed by atoms with E-state index < -0.39 is 0 Å². The van der Waals surface area contributed by atoms with Gasteiger partial charge in [-0.05, 0) is 35.0 Å². The van der Waals surface area contributed by atoms with Crippen molar-refractivity contribution < 1.29 is 9.53 Å². The highest BCUT2D eigenvalue weighted by molar-refractivity contribution is 9.10. The van der Waals surface area contributed by atoms with Crippen molar-refractivity contribution in [3.05, 3.63) is 46.8 Å². The van der Waals surface area contributed by atoms with Gasteiger partial charge in [0.15, 0.2) is 5.78 Å². The second-order valence-electron chi connectivity index (χ2n) is 3.38. The van der Waals surface area contributed by atoms with Crippen LogP contribution in [0.5, 0.6) is 11.6 Å². The summed E-state index contributed by atoms with van der Waals surface area (Å²) < 4.78 is 6.31. The number of hydrogen-bond donors (Lipinski definition) is 0. The molecule has 0 saturated carbocycles. The summed E-state index contributed by atoms with van der Waals surface area (Å²) >= 11 is 3.30. The van der Waals surface area contributed by atoms with Crippen LogP contribution in [0.2, 0.25) is 0 Å². The first-order valence-electron chi connectivity index (χ1n) is 4.90. The fourth-order valence-corrected chi connectivity index (χ4v) is 1.60. The molecule has 0 fully saturated rings. The number of carbonyl (C=O) groups is 1. The molecule has 2 heterocycles. The van der Waals surface area contributed by atoms with E-state index in [-0.39, 0.29) is 5.78 Å². The van der Waals surface area contributed by atoms with Gasteiger partial charge in [0.05, 0.1) is 6.20 Å². The van der Waals surface area contributed by atoms with Crippen LogP contribution in [0, 0.1) is 0 Å². The number of ketones is 1. The molecule has 0 aliphatic rings. The van der Waals surface area contributed by atoms with Crippen molar-refractivity contribution in [1.82, 2.24) is 9.97 Å². The number of aromatic nitrogens is 2. The lowest BCUT2D eigenvalue weighted by molar-refractivity contribution is 0.101. The van der Waals surface area contributed by atoms with Crippen molar-refractivity contribution >= 4 is 21.7 Å². The predicted octanol–water partition coefficient (Wildman–Crippen LogP) is 3.23. The molecule has 2 aromatic heterocycles. The molecular formula is C12H9BrN2O2. The molecule has 0 atom stereocenters. The smallest absolute Gasteiger partial charge is 0.219 e. The van der Waals surface area contributed by atoms with Crippen molar-refractivity contribution in [2.75, 3.05) is 0 Å². The number of rotatable bonds is 3. The third-order valence-electron chi connectivity index (χ3n) is 2.04.